The molecule has 4 rings (SSSR count). The van der Waals surface area contributed by atoms with Crippen molar-refractivity contribution in [3.05, 3.63) is 58.7 Å². The predicted octanol–water partition coefficient (Wildman–Crippen LogP) is 4.09. The number of aromatic amines is 1. The molecule has 8 heteroatoms. The highest BCUT2D eigenvalue weighted by molar-refractivity contribution is 5.96. The molecule has 2 aromatic heterocycles. The molecule has 0 saturated carbocycles. The van der Waals surface area contributed by atoms with Crippen LogP contribution in [0.3, 0.4) is 0 Å². The Bertz CT molecular complexity index is 1070. The first kappa shape index (κ1) is 21.9. The molecule has 0 radical (unpaired) electrons. The van der Waals surface area contributed by atoms with Crippen molar-refractivity contribution in [1.82, 2.24) is 20.3 Å². The normalized spacial score (nSPS) is 16.0. The Labute approximate surface area is 187 Å². The van der Waals surface area contributed by atoms with Crippen molar-refractivity contribution >= 4 is 5.91 Å². The summed E-state index contributed by atoms with van der Waals surface area (Å²) in [4.78, 5) is 15.0. The number of carbonyl (C=O) groups excluding carboxylic acids is 1. The second kappa shape index (κ2) is 9.46. The molecule has 1 saturated heterocycles. The maximum atomic E-state index is 13.1. The molecule has 3 aromatic rings. The Balaban J connectivity index is 1.34. The Morgan fingerprint density at radius 2 is 2.09 bits per heavy atom. The lowest BCUT2D eigenvalue weighted by atomic mass is 10.0. The van der Waals surface area contributed by atoms with Crippen LogP contribution in [0.2, 0.25) is 0 Å². The van der Waals surface area contributed by atoms with Crippen molar-refractivity contribution in [2.75, 3.05) is 26.8 Å². The number of carbonyl (C=O) groups is 1. The van der Waals surface area contributed by atoms with Gasteiger partial charge in [-0.15, -0.1) is 0 Å². The largest absolute Gasteiger partial charge is 0.493 e. The lowest BCUT2D eigenvalue weighted by molar-refractivity contribution is 0.0787. The van der Waals surface area contributed by atoms with Crippen LogP contribution in [0.1, 0.15) is 65.3 Å². The molecule has 1 N–H and O–H groups in total. The van der Waals surface area contributed by atoms with Gasteiger partial charge in [0.1, 0.15) is 11.3 Å². The van der Waals surface area contributed by atoms with Crippen molar-refractivity contribution in [3.8, 4) is 11.5 Å². The molecule has 1 fully saturated rings. The monoisotopic (exact) mass is 438 g/mol. The molecule has 3 heterocycles. The van der Waals surface area contributed by atoms with Gasteiger partial charge in [-0.25, -0.2) is 0 Å². The van der Waals surface area contributed by atoms with Gasteiger partial charge < -0.3 is 18.9 Å². The lowest BCUT2D eigenvalue weighted by Crippen LogP contribution is -2.29. The van der Waals surface area contributed by atoms with Crippen LogP contribution < -0.4 is 9.47 Å². The van der Waals surface area contributed by atoms with E-state index in [1.54, 1.807) is 14.0 Å². The van der Waals surface area contributed by atoms with E-state index in [0.29, 0.717) is 37.4 Å². The van der Waals surface area contributed by atoms with Crippen LogP contribution in [0.4, 0.5) is 0 Å². The number of benzene rings is 1. The second-order valence-electron chi connectivity index (χ2n) is 8.46. The quantitative estimate of drug-likeness (QED) is 0.569. The summed E-state index contributed by atoms with van der Waals surface area (Å²) in [6, 6.07) is 9.68. The first-order chi connectivity index (χ1) is 15.5. The van der Waals surface area contributed by atoms with Gasteiger partial charge in [0.2, 0.25) is 0 Å². The number of rotatable bonds is 8. The van der Waals surface area contributed by atoms with Crippen molar-refractivity contribution in [2.45, 2.75) is 45.4 Å². The Kier molecular flexibility index (Phi) is 6.48. The number of ether oxygens (including phenoxy) is 2. The van der Waals surface area contributed by atoms with Crippen LogP contribution in [-0.4, -0.2) is 53.0 Å². The summed E-state index contributed by atoms with van der Waals surface area (Å²) >= 11 is 0. The van der Waals surface area contributed by atoms with E-state index in [2.05, 4.69) is 21.4 Å². The second-order valence-corrected chi connectivity index (χ2v) is 8.46. The topological polar surface area (TPSA) is 93.5 Å². The van der Waals surface area contributed by atoms with Gasteiger partial charge in [-0.05, 0) is 37.5 Å². The number of aryl methyl sites for hydroxylation is 1. The molecule has 1 aliphatic rings. The van der Waals surface area contributed by atoms with Crippen molar-refractivity contribution < 1.29 is 18.8 Å². The van der Waals surface area contributed by atoms with E-state index in [9.17, 15) is 4.79 Å². The zero-order valence-electron chi connectivity index (χ0n) is 19.1. The number of para-hydroxylation sites is 2. The van der Waals surface area contributed by atoms with E-state index in [4.69, 9.17) is 14.0 Å². The van der Waals surface area contributed by atoms with Crippen LogP contribution in [0.5, 0.6) is 11.5 Å². The summed E-state index contributed by atoms with van der Waals surface area (Å²) in [7, 11) is 1.63. The van der Waals surface area contributed by atoms with Crippen LogP contribution in [0.25, 0.3) is 0 Å². The van der Waals surface area contributed by atoms with E-state index < -0.39 is 0 Å². The Hall–Kier alpha value is -3.29. The highest BCUT2D eigenvalue weighted by Gasteiger charge is 2.33. The lowest BCUT2D eigenvalue weighted by Gasteiger charge is -2.16. The smallest absolute Gasteiger partial charge is 0.259 e. The number of amides is 1. The third-order valence-electron chi connectivity index (χ3n) is 5.89. The van der Waals surface area contributed by atoms with Crippen LogP contribution in [0.15, 0.2) is 34.9 Å². The van der Waals surface area contributed by atoms with Crippen LogP contribution in [-0.2, 0) is 6.42 Å². The Morgan fingerprint density at radius 3 is 2.84 bits per heavy atom. The molecule has 1 atom stereocenters. The number of nitrogens with one attached hydrogen (secondary N) is 1. The average molecular weight is 439 g/mol. The molecular weight excluding hydrogens is 408 g/mol. The molecular formula is C24H30N4O4. The number of hydrogen-bond donors (Lipinski definition) is 1. The minimum atomic E-state index is -0.00378. The van der Waals surface area contributed by atoms with Gasteiger partial charge in [0.05, 0.1) is 25.1 Å². The summed E-state index contributed by atoms with van der Waals surface area (Å²) in [5.74, 6) is 2.37. The predicted molar refractivity (Wildman–Crippen MR) is 119 cm³/mol. The van der Waals surface area contributed by atoms with Crippen molar-refractivity contribution in [1.29, 1.82) is 0 Å². The van der Waals surface area contributed by atoms with Gasteiger partial charge in [0.25, 0.3) is 5.91 Å². The number of likely N-dealkylation sites (tertiary alicyclic amines) is 1. The summed E-state index contributed by atoms with van der Waals surface area (Å²) in [6.07, 6.45) is 1.59. The van der Waals surface area contributed by atoms with Crippen LogP contribution in [0, 0.1) is 6.92 Å². The fraction of sp³-hybridized carbons (Fsp3) is 0.458. The minimum absolute atomic E-state index is 0.00378. The number of H-pyrrole nitrogens is 1. The molecule has 0 spiro atoms. The third kappa shape index (κ3) is 4.49. The maximum Gasteiger partial charge on any atom is 0.259 e. The standard InChI is InChI=1S/C24H30N4O4/c1-15(2)23-22(16(3)32-27-23)24(29)28-11-9-17(14-28)19-13-18(25-26-19)10-12-31-21-8-6-5-7-20(21)30-4/h5-8,13,15,17H,9-12,14H2,1-4H3,(H,25,26)/t17-/m0/s1. The van der Waals surface area contributed by atoms with Gasteiger partial charge in [-0.3, -0.25) is 9.89 Å². The van der Waals surface area contributed by atoms with E-state index in [1.165, 1.54) is 0 Å². The zero-order valence-corrected chi connectivity index (χ0v) is 19.1. The molecule has 1 aliphatic heterocycles. The number of nitrogens with zero attached hydrogens (tertiary/aromatic N) is 3. The third-order valence-corrected chi connectivity index (χ3v) is 5.89. The fourth-order valence-electron chi connectivity index (χ4n) is 4.11. The van der Waals surface area contributed by atoms with Gasteiger partial charge in [0.15, 0.2) is 11.5 Å². The highest BCUT2D eigenvalue weighted by Crippen LogP contribution is 2.30. The number of methoxy groups -OCH3 is 1. The first-order valence-corrected chi connectivity index (χ1v) is 11.0. The SMILES string of the molecule is COc1ccccc1OCCc1cc([C@H]2CCN(C(=O)c3c(C(C)C)noc3C)C2)n[nH]1. The summed E-state index contributed by atoms with van der Waals surface area (Å²) in [5, 5.41) is 11.7. The molecule has 1 aromatic carbocycles. The van der Waals surface area contributed by atoms with Gasteiger partial charge in [-0.2, -0.15) is 5.10 Å². The molecule has 170 valence electrons. The number of aromatic nitrogens is 3. The average Bonchev–Trinajstić information content (AvgIpc) is 3.53. The molecule has 8 nitrogen and oxygen atoms in total. The number of hydrogen-bond acceptors (Lipinski definition) is 6. The maximum absolute atomic E-state index is 13.1. The Morgan fingerprint density at radius 1 is 1.31 bits per heavy atom. The highest BCUT2D eigenvalue weighted by atomic mass is 16.5. The van der Waals surface area contributed by atoms with E-state index in [1.807, 2.05) is 43.0 Å². The summed E-state index contributed by atoms with van der Waals surface area (Å²) < 4.78 is 16.5. The summed E-state index contributed by atoms with van der Waals surface area (Å²) in [5.41, 5.74) is 3.33. The van der Waals surface area contributed by atoms with Gasteiger partial charge in [0, 0.05) is 31.1 Å². The van der Waals surface area contributed by atoms with Crippen molar-refractivity contribution in [3.63, 3.8) is 0 Å². The molecule has 32 heavy (non-hydrogen) atoms. The summed E-state index contributed by atoms with van der Waals surface area (Å²) in [6.45, 7) is 7.69. The van der Waals surface area contributed by atoms with Gasteiger partial charge >= 0.3 is 0 Å². The van der Waals surface area contributed by atoms with E-state index >= 15 is 0 Å². The zero-order chi connectivity index (χ0) is 22.7. The molecule has 0 unspecified atom stereocenters. The minimum Gasteiger partial charge on any atom is -0.493 e. The van der Waals surface area contributed by atoms with E-state index in [0.717, 1.165) is 35.0 Å². The van der Waals surface area contributed by atoms with E-state index in [-0.39, 0.29) is 17.7 Å². The van der Waals surface area contributed by atoms with Crippen molar-refractivity contribution in [2.24, 2.45) is 0 Å². The van der Waals surface area contributed by atoms with Crippen LogP contribution >= 0.6 is 0 Å². The molecule has 0 aliphatic carbocycles. The molecule has 1 amide bonds. The fourth-order valence-corrected chi connectivity index (χ4v) is 4.11. The first-order valence-electron chi connectivity index (χ1n) is 11.0. The molecule has 0 bridgehead atoms. The van der Waals surface area contributed by atoms with Gasteiger partial charge in [-0.1, -0.05) is 31.1 Å².